The third kappa shape index (κ3) is 5.24. The summed E-state index contributed by atoms with van der Waals surface area (Å²) >= 11 is 0. The molecule has 0 bridgehead atoms. The first-order chi connectivity index (χ1) is 28.3. The SMILES string of the molecule is c1ccc(-n2c3ccccc3c3cc(-c4cccc([Si](c5ccccc5)(c5ccccc5)c5ccc6c7ccccc7n(-c7ccccc7)c6c5)c4)ccc32)cc1. The molecule has 2 heterocycles. The molecule has 0 saturated heterocycles. The van der Waals surface area contributed by atoms with Gasteiger partial charge >= 0.3 is 0 Å². The van der Waals surface area contributed by atoms with Gasteiger partial charge in [-0.1, -0.05) is 176 Å². The second-order valence-electron chi connectivity index (χ2n) is 14.9. The quantitative estimate of drug-likeness (QED) is 0.114. The van der Waals surface area contributed by atoms with Crippen LogP contribution in [-0.2, 0) is 0 Å². The largest absolute Gasteiger partial charge is 0.309 e. The van der Waals surface area contributed by atoms with Crippen molar-refractivity contribution < 1.29 is 0 Å². The van der Waals surface area contributed by atoms with Crippen molar-refractivity contribution in [2.24, 2.45) is 0 Å². The molecule has 2 nitrogen and oxygen atoms in total. The maximum Gasteiger partial charge on any atom is 0.179 e. The van der Waals surface area contributed by atoms with Crippen LogP contribution in [-0.4, -0.2) is 17.2 Å². The first-order valence-corrected chi connectivity index (χ1v) is 21.7. The zero-order valence-corrected chi connectivity index (χ0v) is 32.3. The van der Waals surface area contributed by atoms with Crippen molar-refractivity contribution in [3.05, 3.63) is 231 Å². The molecule has 3 heteroatoms. The maximum absolute atomic E-state index is 2.91. The Labute approximate surface area is 333 Å². The summed E-state index contributed by atoms with van der Waals surface area (Å²) < 4.78 is 4.83. The summed E-state index contributed by atoms with van der Waals surface area (Å²) in [6, 6.07) is 85.3. The van der Waals surface area contributed by atoms with E-state index in [1.54, 1.807) is 0 Å². The van der Waals surface area contributed by atoms with E-state index in [9.17, 15) is 0 Å². The highest BCUT2D eigenvalue weighted by Crippen LogP contribution is 2.35. The fraction of sp³-hybridized carbons (Fsp3) is 0. The molecule has 0 amide bonds. The Kier molecular flexibility index (Phi) is 7.87. The van der Waals surface area contributed by atoms with Gasteiger partial charge in [0.2, 0.25) is 0 Å². The van der Waals surface area contributed by atoms with E-state index in [2.05, 4.69) is 240 Å². The molecule has 2 aromatic heterocycles. The summed E-state index contributed by atoms with van der Waals surface area (Å²) in [5.74, 6) is 0. The lowest BCUT2D eigenvalue weighted by Crippen LogP contribution is -2.74. The van der Waals surface area contributed by atoms with E-state index in [1.807, 2.05) is 0 Å². The molecule has 57 heavy (non-hydrogen) atoms. The van der Waals surface area contributed by atoms with E-state index in [0.29, 0.717) is 0 Å². The third-order valence-corrected chi connectivity index (χ3v) is 16.6. The summed E-state index contributed by atoms with van der Waals surface area (Å²) in [6.07, 6.45) is 0. The molecule has 0 aliphatic carbocycles. The van der Waals surface area contributed by atoms with E-state index in [1.165, 1.54) is 86.9 Å². The predicted molar refractivity (Wildman–Crippen MR) is 244 cm³/mol. The molecule has 0 fully saturated rings. The highest BCUT2D eigenvalue weighted by atomic mass is 28.3. The van der Waals surface area contributed by atoms with Crippen molar-refractivity contribution >= 4 is 72.4 Å². The highest BCUT2D eigenvalue weighted by molar-refractivity contribution is 7.20. The molecule has 11 rings (SSSR count). The van der Waals surface area contributed by atoms with Gasteiger partial charge in [0, 0.05) is 32.9 Å². The molecule has 0 spiro atoms. The van der Waals surface area contributed by atoms with Crippen LogP contribution < -0.4 is 20.7 Å². The molecule has 0 atom stereocenters. The fourth-order valence-corrected chi connectivity index (χ4v) is 14.2. The van der Waals surface area contributed by atoms with Gasteiger partial charge in [-0.05, 0) is 86.5 Å². The zero-order chi connectivity index (χ0) is 37.8. The van der Waals surface area contributed by atoms with Crippen LogP contribution in [0.3, 0.4) is 0 Å². The average Bonchev–Trinajstić information content (AvgIpc) is 3.80. The third-order valence-electron chi connectivity index (χ3n) is 11.9. The lowest BCUT2D eigenvalue weighted by atomic mass is 10.0. The lowest BCUT2D eigenvalue weighted by molar-refractivity contribution is 1.18. The van der Waals surface area contributed by atoms with E-state index < -0.39 is 8.07 Å². The van der Waals surface area contributed by atoms with Crippen molar-refractivity contribution in [1.29, 1.82) is 0 Å². The number of hydrogen-bond donors (Lipinski definition) is 0. The molecule has 0 aliphatic rings. The Morgan fingerprint density at radius 2 is 0.684 bits per heavy atom. The van der Waals surface area contributed by atoms with Crippen molar-refractivity contribution in [1.82, 2.24) is 9.13 Å². The second-order valence-corrected chi connectivity index (χ2v) is 18.7. The first-order valence-electron chi connectivity index (χ1n) is 19.7. The molecule has 9 aromatic carbocycles. The van der Waals surface area contributed by atoms with Gasteiger partial charge in [0.15, 0.2) is 8.07 Å². The van der Waals surface area contributed by atoms with Gasteiger partial charge in [-0.2, -0.15) is 0 Å². The molecule has 268 valence electrons. The summed E-state index contributed by atoms with van der Waals surface area (Å²) in [6.45, 7) is 0. The highest BCUT2D eigenvalue weighted by Gasteiger charge is 2.42. The maximum atomic E-state index is 2.51. The Morgan fingerprint density at radius 1 is 0.246 bits per heavy atom. The Morgan fingerprint density at radius 3 is 1.30 bits per heavy atom. The molecule has 0 aliphatic heterocycles. The van der Waals surface area contributed by atoms with Crippen LogP contribution in [0.25, 0.3) is 66.1 Å². The van der Waals surface area contributed by atoms with Crippen molar-refractivity contribution in [3.8, 4) is 22.5 Å². The smallest absolute Gasteiger partial charge is 0.179 e. The van der Waals surface area contributed by atoms with E-state index in [0.717, 1.165) is 0 Å². The van der Waals surface area contributed by atoms with E-state index in [4.69, 9.17) is 0 Å². The number of nitrogens with zero attached hydrogens (tertiary/aromatic N) is 2. The van der Waals surface area contributed by atoms with Crippen LogP contribution in [0.15, 0.2) is 231 Å². The first kappa shape index (κ1) is 33.2. The van der Waals surface area contributed by atoms with Gasteiger partial charge in [-0.25, -0.2) is 0 Å². The number of fused-ring (bicyclic) bond motifs is 6. The second kappa shape index (κ2) is 13.5. The molecule has 11 aromatic rings. The number of aromatic nitrogens is 2. The minimum atomic E-state index is -2.91. The molecular weight excluding hydrogens is 705 g/mol. The molecule has 0 N–H and O–H groups in total. The summed E-state index contributed by atoms with van der Waals surface area (Å²) in [7, 11) is -2.91. The van der Waals surface area contributed by atoms with E-state index in [-0.39, 0.29) is 0 Å². The van der Waals surface area contributed by atoms with E-state index >= 15 is 0 Å². The number of rotatable bonds is 7. The van der Waals surface area contributed by atoms with Gasteiger partial charge in [-0.3, -0.25) is 0 Å². The fourth-order valence-electron chi connectivity index (χ4n) is 9.38. The molecule has 0 saturated carbocycles. The number of benzene rings is 9. The van der Waals surface area contributed by atoms with Crippen LogP contribution in [0.5, 0.6) is 0 Å². The van der Waals surface area contributed by atoms with Crippen molar-refractivity contribution in [2.75, 3.05) is 0 Å². The van der Waals surface area contributed by atoms with Crippen LogP contribution in [0.4, 0.5) is 0 Å². The molecule has 0 unspecified atom stereocenters. The van der Waals surface area contributed by atoms with Crippen LogP contribution in [0, 0.1) is 0 Å². The zero-order valence-electron chi connectivity index (χ0n) is 31.3. The molecule has 0 radical (unpaired) electrons. The topological polar surface area (TPSA) is 9.86 Å². The van der Waals surface area contributed by atoms with Crippen molar-refractivity contribution in [2.45, 2.75) is 0 Å². The summed E-state index contributed by atoms with van der Waals surface area (Å²) in [5, 5.41) is 10.5. The van der Waals surface area contributed by atoms with Gasteiger partial charge in [0.25, 0.3) is 0 Å². The molecular formula is C54H38N2Si. The normalized spacial score (nSPS) is 11.9. The van der Waals surface area contributed by atoms with Crippen LogP contribution >= 0.6 is 0 Å². The summed E-state index contributed by atoms with van der Waals surface area (Å²) in [5.41, 5.74) is 9.63. The summed E-state index contributed by atoms with van der Waals surface area (Å²) in [4.78, 5) is 0. The monoisotopic (exact) mass is 742 g/mol. The average molecular weight is 743 g/mol. The number of para-hydroxylation sites is 4. The van der Waals surface area contributed by atoms with Crippen LogP contribution in [0.1, 0.15) is 0 Å². The Hall–Kier alpha value is -7.20. The Bertz CT molecular complexity index is 3180. The Balaban J connectivity index is 1.17. The minimum Gasteiger partial charge on any atom is -0.309 e. The number of hydrogen-bond acceptors (Lipinski definition) is 0. The minimum absolute atomic E-state index is 1.17. The van der Waals surface area contributed by atoms with Gasteiger partial charge in [0.05, 0.1) is 22.1 Å². The van der Waals surface area contributed by atoms with Gasteiger partial charge in [0.1, 0.15) is 0 Å². The predicted octanol–water partition coefficient (Wildman–Crippen LogP) is 10.9. The lowest BCUT2D eigenvalue weighted by Gasteiger charge is -2.35. The van der Waals surface area contributed by atoms with Gasteiger partial charge in [-0.15, -0.1) is 0 Å². The van der Waals surface area contributed by atoms with Gasteiger partial charge < -0.3 is 9.13 Å². The van der Waals surface area contributed by atoms with Crippen LogP contribution in [0.2, 0.25) is 0 Å². The standard InChI is InChI=1S/C54H38N2Si/c1-5-19-41(20-6-1)55-52-31-16-14-29-48(52)50-37-40(32-35-53(50)55)39-18-17-27-45(36-39)57(43-23-9-3-10-24-43,44-25-11-4-12-26-44)46-33-34-49-47-28-13-15-30-51(47)56(54(49)38-46)42-21-7-2-8-22-42/h1-38H. The van der Waals surface area contributed by atoms with Crippen molar-refractivity contribution in [3.63, 3.8) is 0 Å².